The van der Waals surface area contributed by atoms with Gasteiger partial charge in [0.05, 0.1) is 31.9 Å². The van der Waals surface area contributed by atoms with Crippen molar-refractivity contribution in [3.63, 3.8) is 0 Å². The quantitative estimate of drug-likeness (QED) is 0.837. The van der Waals surface area contributed by atoms with Gasteiger partial charge in [-0.15, -0.1) is 0 Å². The SMILES string of the molecule is CCOc1ncc(C2=CC3COCC(C2)N3C(=O)OC(C)(C)C)cn1. The molecule has 136 valence electrons. The summed E-state index contributed by atoms with van der Waals surface area (Å²) in [5.74, 6) is 0. The predicted molar refractivity (Wildman–Crippen MR) is 92.3 cm³/mol. The second-order valence-electron chi connectivity index (χ2n) is 7.23. The molecule has 0 aromatic carbocycles. The Kier molecular flexibility index (Phi) is 4.94. The summed E-state index contributed by atoms with van der Waals surface area (Å²) < 4.78 is 16.5. The summed E-state index contributed by atoms with van der Waals surface area (Å²) in [6.45, 7) is 9.03. The van der Waals surface area contributed by atoms with Crippen LogP contribution in [-0.2, 0) is 9.47 Å². The van der Waals surface area contributed by atoms with Crippen LogP contribution in [0.25, 0.3) is 5.57 Å². The van der Waals surface area contributed by atoms with Gasteiger partial charge < -0.3 is 14.2 Å². The van der Waals surface area contributed by atoms with E-state index in [0.29, 0.717) is 32.3 Å². The van der Waals surface area contributed by atoms with Crippen LogP contribution in [0.5, 0.6) is 6.01 Å². The molecule has 0 spiro atoms. The Balaban J connectivity index is 1.80. The fourth-order valence-electron chi connectivity index (χ4n) is 3.09. The molecule has 1 aromatic heterocycles. The van der Waals surface area contributed by atoms with Crippen LogP contribution in [0.2, 0.25) is 0 Å². The van der Waals surface area contributed by atoms with Crippen LogP contribution in [0, 0.1) is 0 Å². The molecule has 1 aromatic rings. The molecule has 7 heteroatoms. The van der Waals surface area contributed by atoms with Gasteiger partial charge in [-0.1, -0.05) is 6.08 Å². The molecule has 0 aliphatic carbocycles. The van der Waals surface area contributed by atoms with Crippen molar-refractivity contribution < 1.29 is 19.0 Å². The van der Waals surface area contributed by atoms with Crippen LogP contribution in [0.3, 0.4) is 0 Å². The Labute approximate surface area is 148 Å². The Hall–Kier alpha value is -2.15. The summed E-state index contributed by atoms with van der Waals surface area (Å²) in [7, 11) is 0. The summed E-state index contributed by atoms with van der Waals surface area (Å²) in [5.41, 5.74) is 1.56. The monoisotopic (exact) mass is 347 g/mol. The molecular formula is C18H25N3O4. The van der Waals surface area contributed by atoms with Crippen molar-refractivity contribution in [2.45, 2.75) is 51.8 Å². The van der Waals surface area contributed by atoms with Crippen LogP contribution in [0.15, 0.2) is 18.5 Å². The molecule has 2 bridgehead atoms. The molecule has 1 amide bonds. The van der Waals surface area contributed by atoms with Gasteiger partial charge >= 0.3 is 12.1 Å². The molecule has 1 fully saturated rings. The first-order valence-corrected chi connectivity index (χ1v) is 8.62. The van der Waals surface area contributed by atoms with E-state index in [1.807, 2.05) is 27.7 Å². The lowest BCUT2D eigenvalue weighted by Crippen LogP contribution is -2.57. The highest BCUT2D eigenvalue weighted by molar-refractivity contribution is 5.74. The van der Waals surface area contributed by atoms with Crippen molar-refractivity contribution in [3.8, 4) is 6.01 Å². The van der Waals surface area contributed by atoms with Gasteiger partial charge in [-0.05, 0) is 39.7 Å². The lowest BCUT2D eigenvalue weighted by molar-refractivity contribution is -0.0510. The van der Waals surface area contributed by atoms with E-state index in [-0.39, 0.29) is 18.2 Å². The lowest BCUT2D eigenvalue weighted by Gasteiger charge is -2.44. The molecule has 1 saturated heterocycles. The summed E-state index contributed by atoms with van der Waals surface area (Å²) in [6, 6.07) is 0.200. The average Bonchev–Trinajstić information content (AvgIpc) is 2.53. The number of hydrogen-bond acceptors (Lipinski definition) is 6. The van der Waals surface area contributed by atoms with Crippen LogP contribution in [0.1, 0.15) is 39.7 Å². The number of hydrogen-bond donors (Lipinski definition) is 0. The summed E-state index contributed by atoms with van der Waals surface area (Å²) in [4.78, 5) is 22.8. The Bertz CT molecular complexity index is 651. The zero-order valence-electron chi connectivity index (χ0n) is 15.2. The van der Waals surface area contributed by atoms with Crippen molar-refractivity contribution in [2.75, 3.05) is 19.8 Å². The van der Waals surface area contributed by atoms with Crippen LogP contribution in [0.4, 0.5) is 4.79 Å². The summed E-state index contributed by atoms with van der Waals surface area (Å²) in [5, 5.41) is 0. The number of fused-ring (bicyclic) bond motifs is 2. The molecule has 25 heavy (non-hydrogen) atoms. The average molecular weight is 347 g/mol. The smallest absolute Gasteiger partial charge is 0.411 e. The first-order chi connectivity index (χ1) is 11.9. The minimum atomic E-state index is -0.515. The van der Waals surface area contributed by atoms with Gasteiger partial charge in [-0.25, -0.2) is 14.8 Å². The molecule has 7 nitrogen and oxygen atoms in total. The van der Waals surface area contributed by atoms with Crippen molar-refractivity contribution in [1.29, 1.82) is 0 Å². The second kappa shape index (κ2) is 7.00. The van der Waals surface area contributed by atoms with E-state index in [1.54, 1.807) is 17.3 Å². The van der Waals surface area contributed by atoms with Gasteiger partial charge in [0.1, 0.15) is 5.60 Å². The Morgan fingerprint density at radius 2 is 2.04 bits per heavy atom. The minimum Gasteiger partial charge on any atom is -0.464 e. The highest BCUT2D eigenvalue weighted by Gasteiger charge is 2.40. The predicted octanol–water partition coefficient (Wildman–Crippen LogP) is 2.67. The number of carbonyl (C=O) groups is 1. The molecule has 0 N–H and O–H groups in total. The number of morpholine rings is 1. The van der Waals surface area contributed by atoms with Crippen molar-refractivity contribution in [3.05, 3.63) is 24.0 Å². The first kappa shape index (κ1) is 17.7. The normalized spacial score (nSPS) is 23.0. The van der Waals surface area contributed by atoms with Gasteiger partial charge in [0, 0.05) is 18.0 Å². The fourth-order valence-corrected chi connectivity index (χ4v) is 3.09. The number of aromatic nitrogens is 2. The number of carbonyl (C=O) groups excluding carboxylic acids is 1. The van der Waals surface area contributed by atoms with E-state index >= 15 is 0 Å². The number of amides is 1. The van der Waals surface area contributed by atoms with Crippen molar-refractivity contribution >= 4 is 11.7 Å². The van der Waals surface area contributed by atoms with E-state index < -0.39 is 5.60 Å². The van der Waals surface area contributed by atoms with E-state index in [1.165, 1.54) is 0 Å². The minimum absolute atomic E-state index is 0.0415. The number of nitrogens with zero attached hydrogens (tertiary/aromatic N) is 3. The highest BCUT2D eigenvalue weighted by Crippen LogP contribution is 2.33. The van der Waals surface area contributed by atoms with Crippen molar-refractivity contribution in [1.82, 2.24) is 14.9 Å². The largest absolute Gasteiger partial charge is 0.464 e. The molecule has 0 radical (unpaired) electrons. The molecular weight excluding hydrogens is 322 g/mol. The fraction of sp³-hybridized carbons (Fsp3) is 0.611. The van der Waals surface area contributed by atoms with Gasteiger partial charge in [-0.2, -0.15) is 0 Å². The first-order valence-electron chi connectivity index (χ1n) is 8.62. The maximum absolute atomic E-state index is 12.6. The highest BCUT2D eigenvalue weighted by atomic mass is 16.6. The van der Waals surface area contributed by atoms with Gasteiger partial charge in [0.2, 0.25) is 0 Å². The molecule has 2 aliphatic rings. The third kappa shape index (κ3) is 4.10. The van der Waals surface area contributed by atoms with E-state index in [4.69, 9.17) is 14.2 Å². The molecule has 2 aliphatic heterocycles. The molecule has 2 unspecified atom stereocenters. The van der Waals surface area contributed by atoms with Crippen molar-refractivity contribution in [2.24, 2.45) is 0 Å². The maximum atomic E-state index is 12.6. The van der Waals surface area contributed by atoms with E-state index in [9.17, 15) is 4.79 Å². The van der Waals surface area contributed by atoms with E-state index in [0.717, 1.165) is 11.1 Å². The van der Waals surface area contributed by atoms with Gasteiger partial charge in [0.25, 0.3) is 0 Å². The van der Waals surface area contributed by atoms with Crippen LogP contribution >= 0.6 is 0 Å². The molecule has 3 heterocycles. The standard InChI is InChI=1S/C18H25N3O4/c1-5-24-16-19-8-13(9-20-16)12-6-14-10-23-11-15(7-12)21(14)17(22)25-18(2,3)4/h6,8-9,14-15H,5,7,10-11H2,1-4H3. The second-order valence-corrected chi connectivity index (χ2v) is 7.23. The number of ether oxygens (including phenoxy) is 3. The summed E-state index contributed by atoms with van der Waals surface area (Å²) in [6.07, 6.45) is 5.99. The zero-order chi connectivity index (χ0) is 18.0. The molecule has 2 atom stereocenters. The van der Waals surface area contributed by atoms with Gasteiger partial charge in [-0.3, -0.25) is 4.90 Å². The van der Waals surface area contributed by atoms with E-state index in [2.05, 4.69) is 16.0 Å². The molecule has 3 rings (SSSR count). The van der Waals surface area contributed by atoms with Gasteiger partial charge in [0.15, 0.2) is 0 Å². The topological polar surface area (TPSA) is 73.8 Å². The third-order valence-corrected chi connectivity index (χ3v) is 4.08. The number of rotatable bonds is 3. The Morgan fingerprint density at radius 1 is 1.32 bits per heavy atom. The third-order valence-electron chi connectivity index (χ3n) is 4.08. The molecule has 0 saturated carbocycles. The maximum Gasteiger partial charge on any atom is 0.411 e. The zero-order valence-corrected chi connectivity index (χ0v) is 15.2. The van der Waals surface area contributed by atoms with Crippen LogP contribution in [-0.4, -0.2) is 58.5 Å². The summed E-state index contributed by atoms with van der Waals surface area (Å²) >= 11 is 0. The Morgan fingerprint density at radius 3 is 2.64 bits per heavy atom. The van der Waals surface area contributed by atoms with Crippen LogP contribution < -0.4 is 4.74 Å². The lowest BCUT2D eigenvalue weighted by atomic mass is 9.91.